The average molecular weight is 280 g/mol. The van der Waals surface area contributed by atoms with E-state index in [9.17, 15) is 10.5 Å². The van der Waals surface area contributed by atoms with Gasteiger partial charge >= 0.3 is 0 Å². The van der Waals surface area contributed by atoms with Gasteiger partial charge in [0.15, 0.2) is 0 Å². The second-order valence-electron chi connectivity index (χ2n) is 7.17. The zero-order valence-corrected chi connectivity index (χ0v) is 14.1. The molecule has 20 heavy (non-hydrogen) atoms. The number of hydrogen-bond donors (Lipinski definition) is 0. The van der Waals surface area contributed by atoms with Gasteiger partial charge in [-0.2, -0.15) is 10.5 Å². The van der Waals surface area contributed by atoms with Gasteiger partial charge in [0.05, 0.1) is 34.2 Å². The van der Waals surface area contributed by atoms with Crippen LogP contribution in [-0.2, 0) is 9.47 Å². The van der Waals surface area contributed by atoms with Crippen molar-refractivity contribution in [2.24, 2.45) is 10.8 Å². The maximum atomic E-state index is 9.68. The van der Waals surface area contributed by atoms with E-state index in [0.717, 1.165) is 0 Å². The molecule has 0 aliphatic rings. The van der Waals surface area contributed by atoms with Crippen molar-refractivity contribution in [1.82, 2.24) is 0 Å². The lowest BCUT2D eigenvalue weighted by Gasteiger charge is -2.44. The first kappa shape index (κ1) is 18.9. The van der Waals surface area contributed by atoms with E-state index in [1.807, 2.05) is 41.5 Å². The molecule has 4 heteroatoms. The van der Waals surface area contributed by atoms with Gasteiger partial charge in [-0.1, -0.05) is 0 Å². The number of methoxy groups -OCH3 is 2. The highest BCUT2D eigenvalue weighted by atomic mass is 16.5. The summed E-state index contributed by atoms with van der Waals surface area (Å²) < 4.78 is 10.9. The second-order valence-corrected chi connectivity index (χ2v) is 7.17. The van der Waals surface area contributed by atoms with Crippen LogP contribution in [0.3, 0.4) is 0 Å². The molecule has 0 spiro atoms. The van der Waals surface area contributed by atoms with Crippen LogP contribution in [0.4, 0.5) is 0 Å². The lowest BCUT2D eigenvalue weighted by Crippen LogP contribution is -2.45. The van der Waals surface area contributed by atoms with Crippen LogP contribution in [-0.4, -0.2) is 25.4 Å². The van der Waals surface area contributed by atoms with Gasteiger partial charge in [0.25, 0.3) is 0 Å². The van der Waals surface area contributed by atoms with Gasteiger partial charge < -0.3 is 9.47 Å². The Morgan fingerprint density at radius 2 is 0.950 bits per heavy atom. The van der Waals surface area contributed by atoms with Gasteiger partial charge in [-0.05, 0) is 54.4 Å². The van der Waals surface area contributed by atoms with Crippen LogP contribution >= 0.6 is 0 Å². The maximum Gasteiger partial charge on any atom is 0.0757 e. The van der Waals surface area contributed by atoms with Crippen molar-refractivity contribution in [2.45, 2.75) is 65.6 Å². The van der Waals surface area contributed by atoms with Crippen LogP contribution in [0.15, 0.2) is 0 Å². The van der Waals surface area contributed by atoms with Crippen molar-refractivity contribution in [3.8, 4) is 12.1 Å². The topological polar surface area (TPSA) is 66.0 Å². The van der Waals surface area contributed by atoms with Gasteiger partial charge in [0, 0.05) is 14.2 Å². The molecule has 0 bridgehead atoms. The Labute approximate surface area is 123 Å². The average Bonchev–Trinajstić information content (AvgIpc) is 2.37. The summed E-state index contributed by atoms with van der Waals surface area (Å²) in [6.45, 7) is 11.4. The molecule has 0 aliphatic heterocycles. The van der Waals surface area contributed by atoms with Crippen molar-refractivity contribution in [3.63, 3.8) is 0 Å². The number of nitriles is 2. The Morgan fingerprint density at radius 3 is 1.10 bits per heavy atom. The molecule has 2 atom stereocenters. The minimum absolute atomic E-state index is 0.459. The van der Waals surface area contributed by atoms with Gasteiger partial charge in [-0.3, -0.25) is 0 Å². The minimum atomic E-state index is -0.822. The number of nitrogens with zero attached hydrogens (tertiary/aromatic N) is 2. The highest BCUT2D eigenvalue weighted by Crippen LogP contribution is 2.49. The number of hydrogen-bond acceptors (Lipinski definition) is 4. The fraction of sp³-hybridized carbons (Fsp3) is 0.875. The SMILES string of the molecule is COC(C)(C)CC(C)(C#N)C(C)(C#N)CC(C)(C)OC. The molecule has 0 saturated heterocycles. The smallest absolute Gasteiger partial charge is 0.0757 e. The molecule has 0 aromatic rings. The summed E-state index contributed by atoms with van der Waals surface area (Å²) in [7, 11) is 3.25. The molecule has 0 radical (unpaired) electrons. The van der Waals surface area contributed by atoms with Crippen molar-refractivity contribution in [1.29, 1.82) is 10.5 Å². The summed E-state index contributed by atoms with van der Waals surface area (Å²) in [5.74, 6) is 0. The lowest BCUT2D eigenvalue weighted by molar-refractivity contribution is -0.0560. The fourth-order valence-electron chi connectivity index (χ4n) is 2.56. The summed E-state index contributed by atoms with van der Waals surface area (Å²) in [6, 6.07) is 4.70. The van der Waals surface area contributed by atoms with Crippen LogP contribution < -0.4 is 0 Å². The third-order valence-corrected chi connectivity index (χ3v) is 4.38. The first-order valence-electron chi connectivity index (χ1n) is 6.84. The first-order chi connectivity index (χ1) is 8.91. The lowest BCUT2D eigenvalue weighted by atomic mass is 9.59. The quantitative estimate of drug-likeness (QED) is 0.713. The molecule has 4 nitrogen and oxygen atoms in total. The molecule has 2 unspecified atom stereocenters. The Kier molecular flexibility index (Phi) is 5.78. The van der Waals surface area contributed by atoms with Crippen LogP contribution in [0, 0.1) is 33.5 Å². The summed E-state index contributed by atoms with van der Waals surface area (Å²) >= 11 is 0. The zero-order valence-electron chi connectivity index (χ0n) is 14.1. The summed E-state index contributed by atoms with van der Waals surface area (Å²) in [4.78, 5) is 0. The number of rotatable bonds is 7. The minimum Gasteiger partial charge on any atom is -0.379 e. The first-order valence-corrected chi connectivity index (χ1v) is 6.84. The molecule has 0 rings (SSSR count). The van der Waals surface area contributed by atoms with Gasteiger partial charge in [-0.25, -0.2) is 0 Å². The molecule has 0 saturated carbocycles. The van der Waals surface area contributed by atoms with Crippen LogP contribution in [0.2, 0.25) is 0 Å². The third kappa shape index (κ3) is 4.20. The summed E-state index contributed by atoms with van der Waals surface area (Å²) in [6.07, 6.45) is 0.966. The molecule has 0 aromatic heterocycles. The largest absolute Gasteiger partial charge is 0.379 e. The monoisotopic (exact) mass is 280 g/mol. The molecule has 114 valence electrons. The van der Waals surface area contributed by atoms with E-state index in [0.29, 0.717) is 12.8 Å². The fourth-order valence-corrected chi connectivity index (χ4v) is 2.56. The molecule has 0 aliphatic carbocycles. The number of ether oxygens (including phenoxy) is 2. The molecule has 0 amide bonds. The predicted octanol–water partition coefficient (Wildman–Crippen LogP) is 3.68. The Bertz CT molecular complexity index is 377. The second kappa shape index (κ2) is 6.12. The molecule has 0 aromatic carbocycles. The Balaban J connectivity index is 5.58. The Morgan fingerprint density at radius 1 is 0.700 bits per heavy atom. The van der Waals surface area contributed by atoms with E-state index in [1.165, 1.54) is 0 Å². The van der Waals surface area contributed by atoms with E-state index in [-0.39, 0.29) is 0 Å². The van der Waals surface area contributed by atoms with E-state index in [1.54, 1.807) is 14.2 Å². The van der Waals surface area contributed by atoms with Crippen LogP contribution in [0.5, 0.6) is 0 Å². The van der Waals surface area contributed by atoms with Gasteiger partial charge in [0.2, 0.25) is 0 Å². The van der Waals surface area contributed by atoms with Crippen molar-refractivity contribution >= 4 is 0 Å². The molecular weight excluding hydrogens is 252 g/mol. The summed E-state index contributed by atoms with van der Waals surface area (Å²) in [5.41, 5.74) is -2.56. The zero-order chi connectivity index (χ0) is 16.2. The summed E-state index contributed by atoms with van der Waals surface area (Å²) in [5, 5.41) is 19.4. The standard InChI is InChI=1S/C16H28N2O2/c1-13(2,19-7)9-15(5,11-17)16(6,12-18)10-14(3,4)20-8/h9-10H2,1-8H3. The van der Waals surface area contributed by atoms with E-state index in [2.05, 4.69) is 12.1 Å². The molecule has 0 heterocycles. The molecule has 0 fully saturated rings. The van der Waals surface area contributed by atoms with Gasteiger partial charge in [0.1, 0.15) is 0 Å². The maximum absolute atomic E-state index is 9.68. The van der Waals surface area contributed by atoms with Gasteiger partial charge in [-0.15, -0.1) is 0 Å². The van der Waals surface area contributed by atoms with Crippen LogP contribution in [0.1, 0.15) is 54.4 Å². The predicted molar refractivity (Wildman–Crippen MR) is 78.9 cm³/mol. The van der Waals surface area contributed by atoms with Crippen molar-refractivity contribution < 1.29 is 9.47 Å². The van der Waals surface area contributed by atoms with E-state index in [4.69, 9.17) is 9.47 Å². The highest BCUT2D eigenvalue weighted by molar-refractivity contribution is 5.17. The van der Waals surface area contributed by atoms with E-state index >= 15 is 0 Å². The normalized spacial score (nSPS) is 18.5. The van der Waals surface area contributed by atoms with E-state index < -0.39 is 22.0 Å². The Hall–Kier alpha value is -1.10. The molecule has 0 N–H and O–H groups in total. The molecular formula is C16H28N2O2. The van der Waals surface area contributed by atoms with Crippen LogP contribution in [0.25, 0.3) is 0 Å². The third-order valence-electron chi connectivity index (χ3n) is 4.38. The van der Waals surface area contributed by atoms with Crippen molar-refractivity contribution in [2.75, 3.05) is 14.2 Å². The van der Waals surface area contributed by atoms with Crippen molar-refractivity contribution in [3.05, 3.63) is 0 Å². The highest BCUT2D eigenvalue weighted by Gasteiger charge is 2.50.